The first-order chi connectivity index (χ1) is 51.4. The molecular formula is C101H68N2S. The Morgan fingerprint density at radius 3 is 1.05 bits per heavy atom. The molecule has 0 bridgehead atoms. The van der Waals surface area contributed by atoms with Crippen LogP contribution in [0.15, 0.2) is 376 Å². The second kappa shape index (κ2) is 23.2. The molecule has 0 radical (unpaired) electrons. The molecule has 0 saturated carbocycles. The Hall–Kier alpha value is -12.7. The molecule has 0 fully saturated rings. The third kappa shape index (κ3) is 8.50. The second-order valence-corrected chi connectivity index (χ2v) is 29.7. The topological polar surface area (TPSA) is 6.48 Å². The van der Waals surface area contributed by atoms with E-state index in [0.29, 0.717) is 0 Å². The highest BCUT2D eigenvalue weighted by atomic mass is 32.1. The summed E-state index contributed by atoms with van der Waals surface area (Å²) in [6, 6.07) is 142. The zero-order chi connectivity index (χ0) is 68.8. The molecule has 17 aromatic rings. The maximum absolute atomic E-state index is 2.52. The Balaban J connectivity index is 0.729. The molecule has 1 aromatic heterocycles. The standard InChI is InChI=1S/C101H68N2S/c1-65-42-55-81-83-57-52-76(63-94(83)99(92(81)60-65,69-24-7-3-8-25-69)70-26-9-4-10-27-70)102(77-53-58-84-82-56-43-66(2)61-93(82)100(95(84)64-77,71-28-11-5-12-29-71)72-30-13-6-14-31-72)73-48-44-67(45-49-73)68-46-50-74(51-47-68)103(96-40-23-36-86-85-35-18-22-41-97(85)104-98(86)96)75-54-59-91-87(62-75)80-34-17-21-39-90(80)101(91)88-37-19-15-32-78(88)79-33-16-20-38-89(79)101/h3-64H,1-2H3. The van der Waals surface area contributed by atoms with E-state index in [0.717, 1.165) is 45.3 Å². The molecule has 3 heteroatoms. The molecule has 488 valence electrons. The minimum Gasteiger partial charge on any atom is -0.310 e. The predicted octanol–water partition coefficient (Wildman–Crippen LogP) is 26.3. The maximum atomic E-state index is 2.52. The Bertz CT molecular complexity index is 6000. The maximum Gasteiger partial charge on any atom is 0.0725 e. The Kier molecular flexibility index (Phi) is 13.4. The smallest absolute Gasteiger partial charge is 0.0725 e. The van der Waals surface area contributed by atoms with Gasteiger partial charge in [-0.2, -0.15) is 0 Å². The summed E-state index contributed by atoms with van der Waals surface area (Å²) in [6.07, 6.45) is 0. The average Bonchev–Trinajstić information content (AvgIpc) is 1.68. The Labute approximate surface area is 611 Å². The summed E-state index contributed by atoms with van der Waals surface area (Å²) < 4.78 is 2.54. The van der Waals surface area contributed by atoms with E-state index in [1.165, 1.54) is 143 Å². The summed E-state index contributed by atoms with van der Waals surface area (Å²) in [5, 5.41) is 2.55. The van der Waals surface area contributed by atoms with E-state index >= 15 is 0 Å². The number of hydrogen-bond acceptors (Lipinski definition) is 3. The van der Waals surface area contributed by atoms with E-state index in [1.54, 1.807) is 0 Å². The van der Waals surface area contributed by atoms with E-state index in [-0.39, 0.29) is 0 Å². The summed E-state index contributed by atoms with van der Waals surface area (Å²) in [7, 11) is 0. The van der Waals surface area contributed by atoms with E-state index in [1.807, 2.05) is 11.3 Å². The number of fused-ring (bicyclic) bond motifs is 19. The molecule has 1 heterocycles. The van der Waals surface area contributed by atoms with Crippen molar-refractivity contribution in [3.63, 3.8) is 0 Å². The lowest BCUT2D eigenvalue weighted by molar-refractivity contribution is 0.766. The van der Waals surface area contributed by atoms with Crippen LogP contribution < -0.4 is 9.80 Å². The lowest BCUT2D eigenvalue weighted by Gasteiger charge is -2.36. The molecule has 104 heavy (non-hydrogen) atoms. The van der Waals surface area contributed by atoms with Crippen molar-refractivity contribution in [2.45, 2.75) is 30.1 Å². The zero-order valence-electron chi connectivity index (χ0n) is 57.6. The highest BCUT2D eigenvalue weighted by Gasteiger charge is 2.53. The van der Waals surface area contributed by atoms with Gasteiger partial charge in [-0.3, -0.25) is 0 Å². The molecule has 21 rings (SSSR count). The third-order valence-electron chi connectivity index (χ3n) is 23.3. The molecule has 0 atom stereocenters. The quantitative estimate of drug-likeness (QED) is 0.127. The van der Waals surface area contributed by atoms with Crippen LogP contribution in [0.25, 0.3) is 75.8 Å². The second-order valence-electron chi connectivity index (χ2n) is 28.7. The first kappa shape index (κ1) is 60.1. The van der Waals surface area contributed by atoms with E-state index in [2.05, 4.69) is 400 Å². The molecule has 0 aliphatic heterocycles. The van der Waals surface area contributed by atoms with Crippen LogP contribution in [0.3, 0.4) is 0 Å². The molecule has 16 aromatic carbocycles. The summed E-state index contributed by atoms with van der Waals surface area (Å²) in [5.41, 5.74) is 35.3. The predicted molar refractivity (Wildman–Crippen MR) is 435 cm³/mol. The van der Waals surface area contributed by atoms with Crippen LogP contribution in [0.1, 0.15) is 77.9 Å². The van der Waals surface area contributed by atoms with Crippen molar-refractivity contribution in [3.05, 3.63) is 454 Å². The van der Waals surface area contributed by atoms with Gasteiger partial charge in [-0.05, 0) is 209 Å². The van der Waals surface area contributed by atoms with Gasteiger partial charge in [0.15, 0.2) is 0 Å². The van der Waals surface area contributed by atoms with Gasteiger partial charge < -0.3 is 9.80 Å². The van der Waals surface area contributed by atoms with Gasteiger partial charge in [0.2, 0.25) is 0 Å². The van der Waals surface area contributed by atoms with Gasteiger partial charge in [0, 0.05) is 43.9 Å². The minimum absolute atomic E-state index is 0.435. The van der Waals surface area contributed by atoms with Crippen LogP contribution >= 0.6 is 11.3 Å². The molecule has 2 nitrogen and oxygen atoms in total. The number of hydrogen-bond donors (Lipinski definition) is 0. The highest BCUT2D eigenvalue weighted by molar-refractivity contribution is 7.26. The minimum atomic E-state index is -0.603. The Morgan fingerprint density at radius 1 is 0.221 bits per heavy atom. The molecule has 0 saturated heterocycles. The first-order valence-electron chi connectivity index (χ1n) is 36.3. The summed E-state index contributed by atoms with van der Waals surface area (Å²) in [4.78, 5) is 5.03. The monoisotopic (exact) mass is 1340 g/mol. The van der Waals surface area contributed by atoms with Crippen molar-refractivity contribution < 1.29 is 0 Å². The van der Waals surface area contributed by atoms with Gasteiger partial charge in [-0.15, -0.1) is 11.3 Å². The van der Waals surface area contributed by atoms with Crippen molar-refractivity contribution in [2.75, 3.05) is 9.80 Å². The first-order valence-corrected chi connectivity index (χ1v) is 37.1. The highest BCUT2D eigenvalue weighted by Crippen LogP contribution is 2.65. The lowest BCUT2D eigenvalue weighted by atomic mass is 9.67. The molecule has 4 aliphatic carbocycles. The van der Waals surface area contributed by atoms with Crippen molar-refractivity contribution in [1.29, 1.82) is 0 Å². The van der Waals surface area contributed by atoms with Gasteiger partial charge in [0.25, 0.3) is 0 Å². The van der Waals surface area contributed by atoms with Crippen molar-refractivity contribution >= 4 is 65.6 Å². The van der Waals surface area contributed by atoms with Gasteiger partial charge >= 0.3 is 0 Å². The van der Waals surface area contributed by atoms with Crippen molar-refractivity contribution in [2.24, 2.45) is 0 Å². The SMILES string of the molecule is Cc1ccc2c(c1)C(c1ccccc1)(c1ccccc1)c1cc(N(c3ccc(-c4ccc(N(c5ccc6c(c5)-c5ccccc5C65c6ccccc6-c6ccccc65)c5cccc6c5sc5ccccc56)cc4)cc3)c3ccc4c(c3)C(c3ccccc3)(c3ccccc3)c3cc(C)ccc3-4)ccc1-2. The summed E-state index contributed by atoms with van der Waals surface area (Å²) in [5.74, 6) is 0. The van der Waals surface area contributed by atoms with Crippen LogP contribution in [0.4, 0.5) is 34.1 Å². The largest absolute Gasteiger partial charge is 0.310 e. The van der Waals surface area contributed by atoms with Gasteiger partial charge in [-0.1, -0.05) is 314 Å². The molecule has 0 amide bonds. The normalized spacial score (nSPS) is 13.9. The molecular weight excluding hydrogens is 1270 g/mol. The lowest BCUT2D eigenvalue weighted by Crippen LogP contribution is -2.29. The summed E-state index contributed by atoms with van der Waals surface area (Å²) >= 11 is 1.88. The van der Waals surface area contributed by atoms with Crippen LogP contribution in [0.5, 0.6) is 0 Å². The Morgan fingerprint density at radius 2 is 0.567 bits per heavy atom. The van der Waals surface area contributed by atoms with Gasteiger partial charge in [0.1, 0.15) is 0 Å². The number of anilines is 6. The third-order valence-corrected chi connectivity index (χ3v) is 24.6. The van der Waals surface area contributed by atoms with Crippen molar-refractivity contribution in [3.8, 4) is 55.6 Å². The molecule has 4 aliphatic rings. The van der Waals surface area contributed by atoms with E-state index < -0.39 is 16.2 Å². The van der Waals surface area contributed by atoms with Crippen LogP contribution in [-0.4, -0.2) is 0 Å². The molecule has 0 N–H and O–H groups in total. The fourth-order valence-corrected chi connectivity index (χ4v) is 20.3. The van der Waals surface area contributed by atoms with Crippen molar-refractivity contribution in [1.82, 2.24) is 0 Å². The summed E-state index contributed by atoms with van der Waals surface area (Å²) in [6.45, 7) is 4.46. The number of thiophene rings is 1. The van der Waals surface area contributed by atoms with Crippen LogP contribution in [0, 0.1) is 13.8 Å². The van der Waals surface area contributed by atoms with Crippen LogP contribution in [0.2, 0.25) is 0 Å². The van der Waals surface area contributed by atoms with Gasteiger partial charge in [-0.25, -0.2) is 0 Å². The zero-order valence-corrected chi connectivity index (χ0v) is 58.4. The fraction of sp³-hybridized carbons (Fsp3) is 0.0495. The number of aryl methyl sites for hydroxylation is 2. The van der Waals surface area contributed by atoms with E-state index in [4.69, 9.17) is 0 Å². The average molecular weight is 1340 g/mol. The number of benzene rings is 16. The number of nitrogens with zero attached hydrogens (tertiary/aromatic N) is 2. The number of rotatable bonds is 11. The van der Waals surface area contributed by atoms with Gasteiger partial charge in [0.05, 0.1) is 26.6 Å². The molecule has 1 spiro atoms. The van der Waals surface area contributed by atoms with Crippen LogP contribution in [-0.2, 0) is 16.2 Å². The fourth-order valence-electron chi connectivity index (χ4n) is 19.1. The molecule has 0 unspecified atom stereocenters. The van der Waals surface area contributed by atoms with E-state index in [9.17, 15) is 0 Å².